The van der Waals surface area contributed by atoms with Crippen LogP contribution in [-0.4, -0.2) is 29.4 Å². The average Bonchev–Trinajstić information content (AvgIpc) is 3.33. The molecule has 0 spiro atoms. The number of fused-ring (bicyclic) bond motifs is 2. The lowest BCUT2D eigenvalue weighted by Gasteiger charge is -2.29. The molecule has 0 bridgehead atoms. The molecular weight excluding hydrogens is 501 g/mol. The van der Waals surface area contributed by atoms with Gasteiger partial charge in [-0.3, -0.25) is 10.1 Å². The van der Waals surface area contributed by atoms with Crippen molar-refractivity contribution in [1.29, 1.82) is 0 Å². The Hall–Kier alpha value is -3.62. The summed E-state index contributed by atoms with van der Waals surface area (Å²) < 4.78 is 33.1. The molecule has 7 nitrogen and oxygen atoms in total. The smallest absolute Gasteiger partial charge is 0.338 e. The molecule has 204 valence electrons. The normalized spacial score (nSPS) is 21.5. The molecule has 1 aliphatic heterocycles. The quantitative estimate of drug-likeness (QED) is 0.175. The molecule has 1 fully saturated rings. The first-order chi connectivity index (χ1) is 18.8. The van der Waals surface area contributed by atoms with E-state index in [9.17, 15) is 19.3 Å². The zero-order valence-electron chi connectivity index (χ0n) is 22.1. The van der Waals surface area contributed by atoms with E-state index < -0.39 is 28.6 Å². The fraction of sp³-hybridized carbons (Fsp3) is 0.387. The Balaban J connectivity index is 1.49. The first-order valence-electron chi connectivity index (χ1n) is 13.5. The van der Waals surface area contributed by atoms with E-state index in [0.29, 0.717) is 31.4 Å². The van der Waals surface area contributed by atoms with Crippen molar-refractivity contribution in [1.82, 2.24) is 0 Å². The lowest BCUT2D eigenvalue weighted by atomic mass is 9.84. The second kappa shape index (κ2) is 11.2. The van der Waals surface area contributed by atoms with Crippen LogP contribution in [0, 0.1) is 15.9 Å². The van der Waals surface area contributed by atoms with Crippen LogP contribution in [0.25, 0.3) is 0 Å². The van der Waals surface area contributed by atoms with Gasteiger partial charge in [0.1, 0.15) is 11.9 Å². The van der Waals surface area contributed by atoms with Gasteiger partial charge in [-0.15, -0.1) is 0 Å². The fourth-order valence-corrected chi connectivity index (χ4v) is 5.73. The van der Waals surface area contributed by atoms with Crippen LogP contribution in [0.2, 0.25) is 0 Å². The third kappa shape index (κ3) is 5.58. The van der Waals surface area contributed by atoms with E-state index in [4.69, 9.17) is 14.2 Å². The van der Waals surface area contributed by atoms with Crippen LogP contribution in [0.5, 0.6) is 0 Å². The monoisotopic (exact) mass is 533 g/mol. The number of hydrogen-bond acceptors (Lipinski definition) is 6. The summed E-state index contributed by atoms with van der Waals surface area (Å²) in [6.45, 7) is 4.59. The van der Waals surface area contributed by atoms with Crippen LogP contribution >= 0.6 is 0 Å². The number of nitro benzene ring substituents is 1. The van der Waals surface area contributed by atoms with Crippen molar-refractivity contribution >= 4 is 11.7 Å². The molecule has 39 heavy (non-hydrogen) atoms. The van der Waals surface area contributed by atoms with Gasteiger partial charge >= 0.3 is 5.97 Å². The van der Waals surface area contributed by atoms with Gasteiger partial charge in [0.2, 0.25) is 0 Å². The molecule has 5 rings (SSSR count). The molecule has 1 aliphatic carbocycles. The largest absolute Gasteiger partial charge is 0.453 e. The average molecular weight is 534 g/mol. The second-order valence-corrected chi connectivity index (χ2v) is 10.2. The highest BCUT2D eigenvalue weighted by atomic mass is 19.1. The molecule has 1 saturated heterocycles. The Labute approximate surface area is 227 Å². The van der Waals surface area contributed by atoms with Crippen LogP contribution in [0.3, 0.4) is 0 Å². The molecule has 3 aromatic carbocycles. The number of hydrogen-bond donors (Lipinski definition) is 0. The Kier molecular flexibility index (Phi) is 7.77. The Morgan fingerprint density at radius 3 is 2.44 bits per heavy atom. The summed E-state index contributed by atoms with van der Waals surface area (Å²) in [7, 11) is 0. The minimum absolute atomic E-state index is 0.0988. The number of esters is 1. The van der Waals surface area contributed by atoms with Crippen LogP contribution < -0.4 is 0 Å². The molecule has 0 unspecified atom stereocenters. The van der Waals surface area contributed by atoms with Gasteiger partial charge in [-0.05, 0) is 78.6 Å². The minimum atomic E-state index is -0.758. The number of halogens is 1. The van der Waals surface area contributed by atoms with Gasteiger partial charge in [0, 0.05) is 18.1 Å². The maximum atomic E-state index is 14.6. The fourth-order valence-electron chi connectivity index (χ4n) is 5.73. The van der Waals surface area contributed by atoms with Crippen molar-refractivity contribution in [3.05, 3.63) is 110 Å². The third-order valence-electron chi connectivity index (χ3n) is 7.95. The molecule has 2 aliphatic rings. The van der Waals surface area contributed by atoms with Gasteiger partial charge in [-0.1, -0.05) is 44.2 Å². The molecular formula is C31H32FNO6. The first kappa shape index (κ1) is 27.0. The number of ether oxygens (including phenoxy) is 3. The molecule has 1 heterocycles. The van der Waals surface area contributed by atoms with Gasteiger partial charge in [0.05, 0.1) is 23.2 Å². The number of non-ortho nitro benzene ring substituents is 1. The third-order valence-corrected chi connectivity index (χ3v) is 7.95. The van der Waals surface area contributed by atoms with E-state index in [1.807, 2.05) is 32.0 Å². The molecule has 0 N–H and O–H groups in total. The highest BCUT2D eigenvalue weighted by molar-refractivity contribution is 5.90. The van der Waals surface area contributed by atoms with Crippen molar-refractivity contribution in [2.45, 2.75) is 69.9 Å². The summed E-state index contributed by atoms with van der Waals surface area (Å²) in [5.41, 5.74) is 3.75. The van der Waals surface area contributed by atoms with E-state index in [-0.39, 0.29) is 23.3 Å². The summed E-state index contributed by atoms with van der Waals surface area (Å²) in [6.07, 6.45) is 2.55. The number of carbonyl (C=O) groups excluding carboxylic acids is 1. The Bertz CT molecular complexity index is 1350. The lowest BCUT2D eigenvalue weighted by Crippen LogP contribution is -2.29. The van der Waals surface area contributed by atoms with Gasteiger partial charge in [0.15, 0.2) is 5.79 Å². The Morgan fingerprint density at radius 1 is 1.03 bits per heavy atom. The summed E-state index contributed by atoms with van der Waals surface area (Å²) >= 11 is 0. The van der Waals surface area contributed by atoms with Gasteiger partial charge < -0.3 is 14.2 Å². The maximum Gasteiger partial charge on any atom is 0.338 e. The maximum absolute atomic E-state index is 14.6. The number of rotatable bonds is 8. The van der Waals surface area contributed by atoms with Crippen molar-refractivity contribution in [2.24, 2.45) is 0 Å². The first-order valence-corrected chi connectivity index (χ1v) is 13.5. The van der Waals surface area contributed by atoms with E-state index in [1.165, 1.54) is 36.4 Å². The molecule has 0 radical (unpaired) electrons. The zero-order valence-corrected chi connectivity index (χ0v) is 22.1. The van der Waals surface area contributed by atoms with Crippen LogP contribution in [0.4, 0.5) is 10.1 Å². The summed E-state index contributed by atoms with van der Waals surface area (Å²) in [5.74, 6) is -1.85. The van der Waals surface area contributed by atoms with Gasteiger partial charge in [0.25, 0.3) is 5.69 Å². The molecule has 3 atom stereocenters. The number of nitro groups is 1. The van der Waals surface area contributed by atoms with Gasteiger partial charge in [-0.2, -0.15) is 0 Å². The minimum Gasteiger partial charge on any atom is -0.453 e. The van der Waals surface area contributed by atoms with E-state index in [2.05, 4.69) is 6.07 Å². The number of nitrogens with zero attached hydrogens (tertiary/aromatic N) is 1. The number of benzene rings is 3. The molecule has 3 aromatic rings. The number of carbonyl (C=O) groups is 1. The standard InChI is InChI=1S/C31H32FNO6/c1-3-31(4-2)37-19-25(39-31)15-16-27-26-8-6-5-7-21(26)17-22-9-12-23(32)18-28(22)29(27)38-30(34)20-10-13-24(14-11-20)33(35)36/h5-14,18,25,27,29H,3-4,15-17,19H2,1-2H3/t25-,27+,29-/m0/s1. The predicted octanol–water partition coefficient (Wildman–Crippen LogP) is 7.03. The van der Waals surface area contributed by atoms with Crippen LogP contribution in [0.1, 0.15) is 84.2 Å². The Morgan fingerprint density at radius 2 is 1.74 bits per heavy atom. The van der Waals surface area contributed by atoms with Crippen molar-refractivity contribution in [3.63, 3.8) is 0 Å². The molecule has 0 saturated carbocycles. The SMILES string of the molecule is CCC1(CC)OC[C@H](CC[C@@H]2c3ccccc3Cc3ccc(F)cc3[C@H]2OC(=O)c2ccc([N+](=O)[O-])cc2)O1. The van der Waals surface area contributed by atoms with Crippen LogP contribution in [0.15, 0.2) is 66.7 Å². The molecule has 8 heteroatoms. The highest BCUT2D eigenvalue weighted by Gasteiger charge is 2.40. The predicted molar refractivity (Wildman–Crippen MR) is 143 cm³/mol. The van der Waals surface area contributed by atoms with Crippen LogP contribution in [-0.2, 0) is 20.6 Å². The van der Waals surface area contributed by atoms with E-state index >= 15 is 0 Å². The highest BCUT2D eigenvalue weighted by Crippen LogP contribution is 2.45. The molecule has 0 amide bonds. The zero-order chi connectivity index (χ0) is 27.6. The van der Waals surface area contributed by atoms with Crippen molar-refractivity contribution in [3.8, 4) is 0 Å². The molecule has 0 aromatic heterocycles. The van der Waals surface area contributed by atoms with Crippen molar-refractivity contribution in [2.75, 3.05) is 6.61 Å². The van der Waals surface area contributed by atoms with Crippen molar-refractivity contribution < 1.29 is 28.3 Å². The summed E-state index contributed by atoms with van der Waals surface area (Å²) in [4.78, 5) is 23.9. The summed E-state index contributed by atoms with van der Waals surface area (Å²) in [5, 5.41) is 11.1. The topological polar surface area (TPSA) is 87.9 Å². The van der Waals surface area contributed by atoms with E-state index in [1.54, 1.807) is 6.07 Å². The van der Waals surface area contributed by atoms with E-state index in [0.717, 1.165) is 29.5 Å². The second-order valence-electron chi connectivity index (χ2n) is 10.2. The van der Waals surface area contributed by atoms with Gasteiger partial charge in [-0.25, -0.2) is 9.18 Å². The lowest BCUT2D eigenvalue weighted by molar-refractivity contribution is -0.384. The summed E-state index contributed by atoms with van der Waals surface area (Å²) in [6, 6.07) is 18.0.